The maximum atomic E-state index is 12.9. The normalized spacial score (nSPS) is 15.4. The van der Waals surface area contributed by atoms with Gasteiger partial charge in [-0.2, -0.15) is 12.6 Å². The van der Waals surface area contributed by atoms with E-state index in [1.54, 1.807) is 47.5 Å². The monoisotopic (exact) mass is 349 g/mol. The molecule has 0 saturated carbocycles. The Hall–Kier alpha value is -1.68. The van der Waals surface area contributed by atoms with Crippen LogP contribution in [0.1, 0.15) is 12.8 Å². The summed E-state index contributed by atoms with van der Waals surface area (Å²) >= 11 is 4.09. The van der Waals surface area contributed by atoms with Crippen LogP contribution in [0.15, 0.2) is 58.1 Å². The summed E-state index contributed by atoms with van der Waals surface area (Å²) in [6.45, 7) is 0.543. The number of ether oxygens (including phenoxy) is 1. The molecule has 1 aromatic carbocycles. The van der Waals surface area contributed by atoms with Gasteiger partial charge >= 0.3 is 0 Å². The molecule has 2 rings (SSSR count). The van der Waals surface area contributed by atoms with E-state index < -0.39 is 9.84 Å². The maximum Gasteiger partial charge on any atom is 0.221 e. The van der Waals surface area contributed by atoms with Crippen LogP contribution in [-0.4, -0.2) is 32.4 Å². The zero-order valence-electron chi connectivity index (χ0n) is 12.7. The van der Waals surface area contributed by atoms with Crippen LogP contribution in [0.3, 0.4) is 0 Å². The zero-order chi connectivity index (χ0) is 16.7. The van der Waals surface area contributed by atoms with Crippen LogP contribution in [0, 0.1) is 12.3 Å². The van der Waals surface area contributed by atoms with Gasteiger partial charge in [-0.1, -0.05) is 24.1 Å². The lowest BCUT2D eigenvalue weighted by Crippen LogP contribution is -2.26. The molecule has 1 aromatic rings. The number of allylic oxidation sites excluding steroid dienone is 2. The van der Waals surface area contributed by atoms with Gasteiger partial charge in [-0.15, -0.1) is 6.42 Å². The number of nitrogens with zero attached hydrogens (tertiary/aromatic N) is 1. The number of terminal acetylenes is 1. The molecule has 1 heterocycles. The van der Waals surface area contributed by atoms with Crippen LogP contribution < -0.4 is 0 Å². The van der Waals surface area contributed by atoms with Crippen LogP contribution >= 0.6 is 12.6 Å². The van der Waals surface area contributed by atoms with Crippen molar-refractivity contribution in [1.82, 2.24) is 4.90 Å². The summed E-state index contributed by atoms with van der Waals surface area (Å²) in [7, 11) is -3.63. The number of thiol groups is 1. The van der Waals surface area contributed by atoms with Crippen molar-refractivity contribution in [2.45, 2.75) is 17.7 Å². The highest BCUT2D eigenvalue weighted by Gasteiger charge is 2.26. The third-order valence-electron chi connectivity index (χ3n) is 3.31. The Morgan fingerprint density at radius 1 is 1.30 bits per heavy atom. The van der Waals surface area contributed by atoms with E-state index in [9.17, 15) is 8.42 Å². The molecular formula is C17H19NO3S2. The Balaban J connectivity index is 2.38. The van der Waals surface area contributed by atoms with Crippen LogP contribution in [0.5, 0.6) is 0 Å². The third kappa shape index (κ3) is 4.41. The van der Waals surface area contributed by atoms with Crippen LogP contribution in [0.4, 0.5) is 0 Å². The van der Waals surface area contributed by atoms with E-state index in [2.05, 4.69) is 18.5 Å². The van der Waals surface area contributed by atoms with Crippen molar-refractivity contribution in [3.05, 3.63) is 53.2 Å². The Morgan fingerprint density at radius 2 is 2.04 bits per heavy atom. The molecule has 0 atom stereocenters. The van der Waals surface area contributed by atoms with Crippen molar-refractivity contribution in [2.75, 3.05) is 19.1 Å². The molecule has 23 heavy (non-hydrogen) atoms. The molecule has 0 radical (unpaired) electrons. The van der Waals surface area contributed by atoms with E-state index in [-0.39, 0.29) is 16.7 Å². The molecule has 1 aliphatic rings. The molecule has 6 heteroatoms. The first-order valence-corrected chi connectivity index (χ1v) is 9.34. The highest BCUT2D eigenvalue weighted by atomic mass is 32.2. The number of hydrogen-bond donors (Lipinski definition) is 1. The summed E-state index contributed by atoms with van der Waals surface area (Å²) in [5, 5.41) is 0.202. The summed E-state index contributed by atoms with van der Waals surface area (Å²) in [6.07, 6.45) is 10.1. The fourth-order valence-corrected chi connectivity index (χ4v) is 3.84. The minimum Gasteiger partial charge on any atom is -0.360 e. The van der Waals surface area contributed by atoms with E-state index in [1.807, 2.05) is 0 Å². The van der Waals surface area contributed by atoms with Gasteiger partial charge in [-0.05, 0) is 31.1 Å². The molecule has 0 aliphatic carbocycles. The van der Waals surface area contributed by atoms with Crippen molar-refractivity contribution in [3.63, 3.8) is 0 Å². The second-order valence-corrected chi connectivity index (χ2v) is 7.27. The molecule has 0 amide bonds. The maximum absolute atomic E-state index is 12.9. The van der Waals surface area contributed by atoms with Crippen LogP contribution in [0.25, 0.3) is 0 Å². The van der Waals surface area contributed by atoms with Crippen molar-refractivity contribution in [1.29, 1.82) is 0 Å². The zero-order valence-corrected chi connectivity index (χ0v) is 14.4. The van der Waals surface area contributed by atoms with Crippen molar-refractivity contribution < 1.29 is 13.2 Å². The second-order valence-electron chi connectivity index (χ2n) is 4.93. The smallest absolute Gasteiger partial charge is 0.221 e. The van der Waals surface area contributed by atoms with Gasteiger partial charge in [-0.3, -0.25) is 0 Å². The topological polar surface area (TPSA) is 46.6 Å². The molecule has 1 aliphatic heterocycles. The predicted octanol–water partition coefficient (Wildman–Crippen LogP) is 2.82. The van der Waals surface area contributed by atoms with Gasteiger partial charge in [0.1, 0.15) is 11.8 Å². The predicted molar refractivity (Wildman–Crippen MR) is 94.4 cm³/mol. The molecule has 0 aromatic heterocycles. The van der Waals surface area contributed by atoms with Crippen molar-refractivity contribution in [2.24, 2.45) is 0 Å². The number of sulfone groups is 1. The largest absolute Gasteiger partial charge is 0.360 e. The molecular weight excluding hydrogens is 330 g/mol. The fraction of sp³-hybridized carbons (Fsp3) is 0.294. The van der Waals surface area contributed by atoms with Crippen LogP contribution in [-0.2, 0) is 14.6 Å². The molecule has 0 unspecified atom stereocenters. The summed E-state index contributed by atoms with van der Waals surface area (Å²) < 4.78 is 31.3. The van der Waals surface area contributed by atoms with Crippen LogP contribution in [0.2, 0.25) is 0 Å². The van der Waals surface area contributed by atoms with Gasteiger partial charge in [0, 0.05) is 17.5 Å². The van der Waals surface area contributed by atoms with E-state index in [0.717, 1.165) is 5.57 Å². The van der Waals surface area contributed by atoms with Gasteiger partial charge in [0.15, 0.2) is 0 Å². The summed E-state index contributed by atoms with van der Waals surface area (Å²) in [5.41, 5.74) is 0.744. The Labute approximate surface area is 143 Å². The van der Waals surface area contributed by atoms with Gasteiger partial charge in [-0.25, -0.2) is 8.42 Å². The number of hydrogen-bond acceptors (Lipinski definition) is 5. The third-order valence-corrected chi connectivity index (χ3v) is 5.33. The van der Waals surface area contributed by atoms with E-state index in [4.69, 9.17) is 11.2 Å². The fourth-order valence-electron chi connectivity index (χ4n) is 2.21. The lowest BCUT2D eigenvalue weighted by Gasteiger charge is -2.23. The van der Waals surface area contributed by atoms with Crippen molar-refractivity contribution in [3.8, 4) is 12.3 Å². The van der Waals surface area contributed by atoms with E-state index >= 15 is 0 Å². The average Bonchev–Trinajstić information content (AvgIpc) is 2.78. The minimum atomic E-state index is -3.63. The van der Waals surface area contributed by atoms with Gasteiger partial charge in [0.2, 0.25) is 9.84 Å². The standard InChI is InChI=1S/C17H19NO3S2/c1-2-15-7-6-10-17(18(13-15)14-21-11-12-22)23(19,20)16-8-4-3-5-9-16/h1,3-5,8-10,13,22H,6-7,11-12,14H2. The SMILES string of the molecule is C#CC1=CN(COCCS)C(S(=O)(=O)c2ccccc2)=CCC1. The first-order chi connectivity index (χ1) is 11.1. The summed E-state index contributed by atoms with van der Waals surface area (Å²) in [6, 6.07) is 8.35. The summed E-state index contributed by atoms with van der Waals surface area (Å²) in [5.74, 6) is 3.16. The molecule has 0 saturated heterocycles. The first kappa shape index (κ1) is 17.7. The lowest BCUT2D eigenvalue weighted by atomic mass is 10.2. The van der Waals surface area contributed by atoms with Gasteiger partial charge < -0.3 is 9.64 Å². The first-order valence-electron chi connectivity index (χ1n) is 7.22. The highest BCUT2D eigenvalue weighted by Crippen LogP contribution is 2.27. The molecule has 0 fully saturated rings. The number of rotatable bonds is 6. The van der Waals surface area contributed by atoms with Gasteiger partial charge in [0.05, 0.1) is 11.5 Å². The Bertz CT molecular complexity index is 731. The molecule has 0 bridgehead atoms. The quantitative estimate of drug-likeness (QED) is 0.487. The summed E-state index contributed by atoms with van der Waals surface area (Å²) in [4.78, 5) is 1.82. The highest BCUT2D eigenvalue weighted by molar-refractivity contribution is 7.95. The number of benzene rings is 1. The van der Waals surface area contributed by atoms with Crippen molar-refractivity contribution >= 4 is 22.5 Å². The average molecular weight is 349 g/mol. The Kier molecular flexibility index (Phi) is 6.34. The minimum absolute atomic E-state index is 0.115. The molecule has 122 valence electrons. The lowest BCUT2D eigenvalue weighted by molar-refractivity contribution is 0.0843. The second kappa shape index (κ2) is 8.25. The van der Waals surface area contributed by atoms with Gasteiger partial charge in [0.25, 0.3) is 0 Å². The van der Waals surface area contributed by atoms with E-state index in [1.165, 1.54) is 0 Å². The molecule has 0 spiro atoms. The Morgan fingerprint density at radius 3 is 2.70 bits per heavy atom. The molecule has 4 nitrogen and oxygen atoms in total. The van der Waals surface area contributed by atoms with E-state index in [0.29, 0.717) is 25.2 Å². The molecule has 0 N–H and O–H groups in total.